The molecule has 1 aromatic rings. The van der Waals surface area contributed by atoms with Crippen LogP contribution < -0.4 is 5.32 Å². The molecule has 2 rings (SSSR count). The molecule has 0 spiro atoms. The van der Waals surface area contributed by atoms with Crippen molar-refractivity contribution in [3.63, 3.8) is 0 Å². The van der Waals surface area contributed by atoms with E-state index in [9.17, 15) is 13.9 Å². The van der Waals surface area contributed by atoms with Gasteiger partial charge in [0.05, 0.1) is 11.7 Å². The Morgan fingerprint density at radius 2 is 1.85 bits per heavy atom. The zero-order valence-electron chi connectivity index (χ0n) is 11.9. The van der Waals surface area contributed by atoms with Crippen molar-refractivity contribution >= 4 is 0 Å². The third-order valence-corrected chi connectivity index (χ3v) is 4.27. The third-order valence-electron chi connectivity index (χ3n) is 4.27. The highest BCUT2D eigenvalue weighted by molar-refractivity contribution is 5.22. The van der Waals surface area contributed by atoms with E-state index in [0.717, 1.165) is 6.42 Å². The fraction of sp³-hybridized carbons (Fsp3) is 0.625. The minimum Gasteiger partial charge on any atom is -0.387 e. The number of nitrogens with one attached hydrogen (secondary N) is 1. The van der Waals surface area contributed by atoms with E-state index in [1.54, 1.807) is 0 Å². The van der Waals surface area contributed by atoms with Gasteiger partial charge in [0.25, 0.3) is 0 Å². The number of aliphatic hydroxyl groups excluding tert-OH is 1. The first-order chi connectivity index (χ1) is 9.59. The van der Waals surface area contributed by atoms with Gasteiger partial charge >= 0.3 is 0 Å². The molecule has 0 amide bonds. The molecule has 0 heterocycles. The quantitative estimate of drug-likeness (QED) is 0.828. The first kappa shape index (κ1) is 15.4. The van der Waals surface area contributed by atoms with E-state index in [1.807, 2.05) is 0 Å². The second-order valence-corrected chi connectivity index (χ2v) is 5.78. The Hall–Kier alpha value is -1.00. The second kappa shape index (κ2) is 7.14. The maximum Gasteiger partial charge on any atom is 0.131 e. The van der Waals surface area contributed by atoms with Gasteiger partial charge in [0.2, 0.25) is 0 Å². The zero-order valence-corrected chi connectivity index (χ0v) is 11.9. The van der Waals surface area contributed by atoms with Crippen LogP contribution in [0.15, 0.2) is 18.2 Å². The molecule has 3 unspecified atom stereocenters. The molecule has 1 saturated carbocycles. The normalized spacial score (nSPS) is 25.2. The van der Waals surface area contributed by atoms with Crippen molar-refractivity contribution in [2.24, 2.45) is 5.92 Å². The van der Waals surface area contributed by atoms with Crippen molar-refractivity contribution in [2.45, 2.75) is 51.2 Å². The Labute approximate surface area is 119 Å². The molecular weight excluding hydrogens is 260 g/mol. The van der Waals surface area contributed by atoms with Gasteiger partial charge < -0.3 is 10.4 Å². The Kier molecular flexibility index (Phi) is 5.49. The molecule has 3 atom stereocenters. The molecule has 20 heavy (non-hydrogen) atoms. The van der Waals surface area contributed by atoms with Crippen LogP contribution in [-0.2, 0) is 0 Å². The lowest BCUT2D eigenvalue weighted by molar-refractivity contribution is 0.154. The van der Waals surface area contributed by atoms with Crippen molar-refractivity contribution in [3.05, 3.63) is 35.4 Å². The summed E-state index contributed by atoms with van der Waals surface area (Å²) in [5.41, 5.74) is -0.235. The largest absolute Gasteiger partial charge is 0.387 e. The molecule has 1 aliphatic carbocycles. The van der Waals surface area contributed by atoms with E-state index in [2.05, 4.69) is 12.2 Å². The van der Waals surface area contributed by atoms with Crippen LogP contribution in [0.2, 0.25) is 0 Å². The summed E-state index contributed by atoms with van der Waals surface area (Å²) in [7, 11) is 0. The highest BCUT2D eigenvalue weighted by Gasteiger charge is 2.22. The van der Waals surface area contributed by atoms with E-state index in [0.29, 0.717) is 12.0 Å². The summed E-state index contributed by atoms with van der Waals surface area (Å²) >= 11 is 0. The lowest BCUT2D eigenvalue weighted by Gasteiger charge is -2.24. The van der Waals surface area contributed by atoms with Crippen molar-refractivity contribution < 1.29 is 13.9 Å². The second-order valence-electron chi connectivity index (χ2n) is 5.78. The highest BCUT2D eigenvalue weighted by atomic mass is 19.1. The summed E-state index contributed by atoms with van der Waals surface area (Å²) in [6.07, 6.45) is 4.74. The van der Waals surface area contributed by atoms with E-state index in [1.165, 1.54) is 43.9 Å². The molecule has 112 valence electrons. The van der Waals surface area contributed by atoms with Crippen LogP contribution in [0, 0.1) is 17.6 Å². The molecule has 2 nitrogen and oxygen atoms in total. The first-order valence-electron chi connectivity index (χ1n) is 7.45. The van der Waals surface area contributed by atoms with Gasteiger partial charge in [0.15, 0.2) is 0 Å². The summed E-state index contributed by atoms with van der Waals surface area (Å²) in [6.45, 7) is 2.38. The van der Waals surface area contributed by atoms with Crippen molar-refractivity contribution in [1.82, 2.24) is 5.32 Å². The average molecular weight is 283 g/mol. The average Bonchev–Trinajstić information content (AvgIpc) is 2.61. The van der Waals surface area contributed by atoms with E-state index in [4.69, 9.17) is 0 Å². The first-order valence-corrected chi connectivity index (χ1v) is 7.45. The van der Waals surface area contributed by atoms with Gasteiger partial charge in [-0.1, -0.05) is 32.3 Å². The fourth-order valence-corrected chi connectivity index (χ4v) is 2.99. The molecule has 2 N–H and O–H groups in total. The zero-order chi connectivity index (χ0) is 14.5. The molecule has 1 aliphatic rings. The van der Waals surface area contributed by atoms with Crippen molar-refractivity contribution in [2.75, 3.05) is 6.54 Å². The Morgan fingerprint density at radius 3 is 2.55 bits per heavy atom. The predicted molar refractivity (Wildman–Crippen MR) is 75.4 cm³/mol. The monoisotopic (exact) mass is 283 g/mol. The molecule has 0 saturated heterocycles. The van der Waals surface area contributed by atoms with E-state index < -0.39 is 17.7 Å². The van der Waals surface area contributed by atoms with Gasteiger partial charge in [-0.2, -0.15) is 0 Å². The fourth-order valence-electron chi connectivity index (χ4n) is 2.99. The van der Waals surface area contributed by atoms with Crippen molar-refractivity contribution in [1.29, 1.82) is 0 Å². The van der Waals surface area contributed by atoms with Gasteiger partial charge in [0, 0.05) is 12.6 Å². The Balaban J connectivity index is 1.96. The summed E-state index contributed by atoms with van der Waals surface area (Å²) in [5, 5.41) is 13.3. The molecular formula is C16H23F2NO. The van der Waals surface area contributed by atoms with Crippen LogP contribution in [0.3, 0.4) is 0 Å². The molecule has 0 radical (unpaired) electrons. The van der Waals surface area contributed by atoms with Gasteiger partial charge in [-0.3, -0.25) is 0 Å². The standard InChI is InChI=1S/C16H23F2NO/c1-11-6-3-2-4-9-14(11)19-10-15(20)16-12(17)7-5-8-13(16)18/h5,7-8,11,14-15,19-20H,2-4,6,9-10H2,1H3. The van der Waals surface area contributed by atoms with Crippen LogP contribution in [-0.4, -0.2) is 17.7 Å². The maximum absolute atomic E-state index is 13.6. The minimum atomic E-state index is -1.15. The Bertz CT molecular complexity index is 418. The minimum absolute atomic E-state index is 0.187. The van der Waals surface area contributed by atoms with Gasteiger partial charge in [0.1, 0.15) is 11.6 Å². The Morgan fingerprint density at radius 1 is 1.20 bits per heavy atom. The summed E-state index contributed by atoms with van der Waals surface area (Å²) < 4.78 is 27.2. The van der Waals surface area contributed by atoms with Crippen molar-refractivity contribution in [3.8, 4) is 0 Å². The molecule has 1 aromatic carbocycles. The molecule has 0 aliphatic heterocycles. The summed E-state index contributed by atoms with van der Waals surface area (Å²) in [4.78, 5) is 0. The number of hydrogen-bond donors (Lipinski definition) is 2. The lowest BCUT2D eigenvalue weighted by Crippen LogP contribution is -2.37. The molecule has 0 bridgehead atoms. The smallest absolute Gasteiger partial charge is 0.131 e. The van der Waals surface area contributed by atoms with Crippen LogP contribution in [0.1, 0.15) is 50.7 Å². The predicted octanol–water partition coefficient (Wildman–Crippen LogP) is 3.56. The number of aliphatic hydroxyl groups is 1. The van der Waals surface area contributed by atoms with E-state index >= 15 is 0 Å². The number of benzene rings is 1. The van der Waals surface area contributed by atoms with E-state index in [-0.39, 0.29) is 12.1 Å². The maximum atomic E-state index is 13.6. The van der Waals surface area contributed by atoms with Gasteiger partial charge in [-0.25, -0.2) is 8.78 Å². The summed E-state index contributed by atoms with van der Waals surface area (Å²) in [6, 6.07) is 3.98. The number of rotatable bonds is 4. The molecule has 1 fully saturated rings. The molecule has 4 heteroatoms. The summed E-state index contributed by atoms with van der Waals surface area (Å²) in [5.74, 6) is -0.836. The van der Waals surface area contributed by atoms with Gasteiger partial charge in [-0.05, 0) is 30.9 Å². The van der Waals surface area contributed by atoms with Crippen LogP contribution >= 0.6 is 0 Å². The highest BCUT2D eigenvalue weighted by Crippen LogP contribution is 2.24. The van der Waals surface area contributed by atoms with Gasteiger partial charge in [-0.15, -0.1) is 0 Å². The number of halogens is 2. The van der Waals surface area contributed by atoms with Crippen LogP contribution in [0.25, 0.3) is 0 Å². The number of hydrogen-bond acceptors (Lipinski definition) is 2. The third kappa shape index (κ3) is 3.76. The lowest BCUT2D eigenvalue weighted by atomic mass is 9.96. The van der Waals surface area contributed by atoms with Crippen LogP contribution in [0.5, 0.6) is 0 Å². The van der Waals surface area contributed by atoms with Crippen LogP contribution in [0.4, 0.5) is 8.78 Å². The molecule has 0 aromatic heterocycles. The SMILES string of the molecule is CC1CCCCCC1NCC(O)c1c(F)cccc1F. The topological polar surface area (TPSA) is 32.3 Å².